The van der Waals surface area contributed by atoms with Crippen molar-refractivity contribution in [3.63, 3.8) is 0 Å². The van der Waals surface area contributed by atoms with Crippen LogP contribution in [0, 0.1) is 5.92 Å². The zero-order valence-corrected chi connectivity index (χ0v) is 15.9. The van der Waals surface area contributed by atoms with E-state index in [1.165, 1.54) is 5.56 Å². The highest BCUT2D eigenvalue weighted by Crippen LogP contribution is 2.39. The van der Waals surface area contributed by atoms with Gasteiger partial charge >= 0.3 is 0 Å². The van der Waals surface area contributed by atoms with Crippen molar-refractivity contribution in [3.8, 4) is 5.75 Å². The zero-order valence-electron chi connectivity index (χ0n) is 15.9. The number of carbonyl (C=O) groups is 1. The molecule has 148 valence electrons. The van der Waals surface area contributed by atoms with Crippen LogP contribution in [0.2, 0.25) is 0 Å². The minimum Gasteiger partial charge on any atom is -0.493 e. The van der Waals surface area contributed by atoms with E-state index in [-0.39, 0.29) is 18.1 Å². The maximum atomic E-state index is 12.6. The Morgan fingerprint density at radius 2 is 2.07 bits per heavy atom. The number of fused-ring (bicyclic) bond motifs is 1. The average molecular weight is 374 g/mol. The molecule has 2 fully saturated rings. The number of aliphatic hydroxyl groups is 1. The molecule has 2 N–H and O–H groups in total. The zero-order chi connectivity index (χ0) is 18.6. The first kappa shape index (κ1) is 18.7. The third-order valence-electron chi connectivity index (χ3n) is 5.99. The lowest BCUT2D eigenvalue weighted by molar-refractivity contribution is -0.123. The first-order chi connectivity index (χ1) is 13.2. The summed E-state index contributed by atoms with van der Waals surface area (Å²) in [5, 5.41) is 13.0. The van der Waals surface area contributed by atoms with Crippen LogP contribution in [-0.2, 0) is 16.0 Å². The Morgan fingerprint density at radius 1 is 1.26 bits per heavy atom. The van der Waals surface area contributed by atoms with Gasteiger partial charge in [-0.1, -0.05) is 6.07 Å². The maximum absolute atomic E-state index is 12.6. The largest absolute Gasteiger partial charge is 0.493 e. The van der Waals surface area contributed by atoms with Crippen LogP contribution in [0.5, 0.6) is 5.75 Å². The molecule has 27 heavy (non-hydrogen) atoms. The van der Waals surface area contributed by atoms with Crippen LogP contribution in [-0.4, -0.2) is 61.5 Å². The van der Waals surface area contributed by atoms with Crippen LogP contribution in [0.1, 0.15) is 42.9 Å². The molecule has 1 atom stereocenters. The van der Waals surface area contributed by atoms with Gasteiger partial charge < -0.3 is 19.9 Å². The van der Waals surface area contributed by atoms with Crippen LogP contribution in [0.4, 0.5) is 0 Å². The fourth-order valence-corrected chi connectivity index (χ4v) is 4.31. The van der Waals surface area contributed by atoms with Gasteiger partial charge in [0.2, 0.25) is 5.91 Å². The Balaban J connectivity index is 1.34. The van der Waals surface area contributed by atoms with Gasteiger partial charge in [0, 0.05) is 25.9 Å². The second kappa shape index (κ2) is 8.59. The first-order valence-corrected chi connectivity index (χ1v) is 10.2. The van der Waals surface area contributed by atoms with E-state index in [9.17, 15) is 9.90 Å². The number of nitrogens with zero attached hydrogens (tertiary/aromatic N) is 1. The van der Waals surface area contributed by atoms with Gasteiger partial charge in [-0.25, -0.2) is 0 Å². The Labute approximate surface area is 160 Å². The number of morpholine rings is 1. The van der Waals surface area contributed by atoms with Crippen LogP contribution in [0.25, 0.3) is 0 Å². The van der Waals surface area contributed by atoms with Gasteiger partial charge in [0.05, 0.1) is 32.0 Å². The molecule has 3 aliphatic rings. The molecule has 4 rings (SSSR count). The molecule has 1 saturated heterocycles. The minimum absolute atomic E-state index is 0.0183. The summed E-state index contributed by atoms with van der Waals surface area (Å²) in [5.41, 5.74) is 2.36. The summed E-state index contributed by atoms with van der Waals surface area (Å²) < 4.78 is 11.0. The minimum atomic E-state index is -0.228. The van der Waals surface area contributed by atoms with E-state index in [0.29, 0.717) is 12.3 Å². The second-order valence-corrected chi connectivity index (χ2v) is 7.95. The summed E-state index contributed by atoms with van der Waals surface area (Å²) in [6.07, 6.45) is 3.62. The SMILES string of the molecule is O=C(CCCN1CCOCC1)NC(c1ccc2c(c1)CCO2)C1CC(O)C1. The monoisotopic (exact) mass is 374 g/mol. The van der Waals surface area contributed by atoms with E-state index in [0.717, 1.165) is 76.5 Å². The number of carbonyl (C=O) groups excluding carboxylic acids is 1. The summed E-state index contributed by atoms with van der Waals surface area (Å²) in [5.74, 6) is 1.37. The topological polar surface area (TPSA) is 71.0 Å². The molecule has 1 aliphatic carbocycles. The van der Waals surface area contributed by atoms with Gasteiger partial charge in [-0.3, -0.25) is 9.69 Å². The van der Waals surface area contributed by atoms with E-state index in [1.54, 1.807) is 0 Å². The molecule has 0 spiro atoms. The standard InChI is InChI=1S/C21H30N2O4/c24-18-13-17(14-18)21(16-3-4-19-15(12-16)5-9-27-19)22-20(25)2-1-6-23-7-10-26-11-8-23/h3-4,12,17-18,21,24H,1-2,5-11,13-14H2,(H,22,25). The molecular formula is C21H30N2O4. The van der Waals surface area contributed by atoms with Crippen LogP contribution < -0.4 is 10.1 Å². The molecule has 6 nitrogen and oxygen atoms in total. The van der Waals surface area contributed by atoms with Crippen LogP contribution in [0.15, 0.2) is 18.2 Å². The normalized spacial score (nSPS) is 26.0. The van der Waals surface area contributed by atoms with Gasteiger partial charge in [-0.05, 0) is 55.0 Å². The highest BCUT2D eigenvalue weighted by molar-refractivity contribution is 5.76. The lowest BCUT2D eigenvalue weighted by atomic mass is 9.74. The molecule has 1 amide bonds. The number of nitrogens with one attached hydrogen (secondary N) is 1. The molecule has 2 heterocycles. The van der Waals surface area contributed by atoms with Crippen molar-refractivity contribution in [1.29, 1.82) is 0 Å². The van der Waals surface area contributed by atoms with E-state index in [4.69, 9.17) is 9.47 Å². The van der Waals surface area contributed by atoms with Crippen molar-refractivity contribution >= 4 is 5.91 Å². The summed E-state index contributed by atoms with van der Waals surface area (Å²) in [4.78, 5) is 14.9. The van der Waals surface area contributed by atoms with Crippen LogP contribution in [0.3, 0.4) is 0 Å². The summed E-state index contributed by atoms with van der Waals surface area (Å²) in [6.45, 7) is 5.18. The van der Waals surface area contributed by atoms with Gasteiger partial charge in [0.25, 0.3) is 0 Å². The average Bonchev–Trinajstić information content (AvgIpc) is 3.12. The van der Waals surface area contributed by atoms with Gasteiger partial charge in [-0.2, -0.15) is 0 Å². The quantitative estimate of drug-likeness (QED) is 0.760. The van der Waals surface area contributed by atoms with Crippen molar-refractivity contribution in [2.24, 2.45) is 5.92 Å². The van der Waals surface area contributed by atoms with Crippen molar-refractivity contribution in [1.82, 2.24) is 10.2 Å². The molecule has 1 aromatic carbocycles. The number of benzene rings is 1. The van der Waals surface area contributed by atoms with Crippen LogP contribution >= 0.6 is 0 Å². The Bertz CT molecular complexity index is 654. The van der Waals surface area contributed by atoms with E-state index >= 15 is 0 Å². The summed E-state index contributed by atoms with van der Waals surface area (Å²) >= 11 is 0. The highest BCUT2D eigenvalue weighted by Gasteiger charge is 2.36. The highest BCUT2D eigenvalue weighted by atomic mass is 16.5. The number of hydrogen-bond donors (Lipinski definition) is 2. The predicted molar refractivity (Wildman–Crippen MR) is 102 cm³/mol. The van der Waals surface area contributed by atoms with Gasteiger partial charge in [0.1, 0.15) is 5.75 Å². The molecular weight excluding hydrogens is 344 g/mol. The molecule has 0 bridgehead atoms. The van der Waals surface area contributed by atoms with Crippen molar-refractivity contribution < 1.29 is 19.4 Å². The summed E-state index contributed by atoms with van der Waals surface area (Å²) in [6, 6.07) is 6.24. The fraction of sp³-hybridized carbons (Fsp3) is 0.667. The molecule has 1 saturated carbocycles. The summed E-state index contributed by atoms with van der Waals surface area (Å²) in [7, 11) is 0. The van der Waals surface area contributed by atoms with Crippen molar-refractivity contribution in [2.45, 2.75) is 44.2 Å². The van der Waals surface area contributed by atoms with Crippen molar-refractivity contribution in [3.05, 3.63) is 29.3 Å². The predicted octanol–water partition coefficient (Wildman–Crippen LogP) is 1.66. The number of ether oxygens (including phenoxy) is 2. The van der Waals surface area contributed by atoms with E-state index in [1.807, 2.05) is 6.07 Å². The number of rotatable bonds is 7. The maximum Gasteiger partial charge on any atom is 0.220 e. The van der Waals surface area contributed by atoms with Crippen molar-refractivity contribution in [2.75, 3.05) is 39.5 Å². The molecule has 0 radical (unpaired) electrons. The fourth-order valence-electron chi connectivity index (χ4n) is 4.31. The Kier molecular flexibility index (Phi) is 5.95. The second-order valence-electron chi connectivity index (χ2n) is 7.95. The molecule has 1 aromatic rings. The molecule has 0 aromatic heterocycles. The Morgan fingerprint density at radius 3 is 2.85 bits per heavy atom. The molecule has 2 aliphatic heterocycles. The number of amides is 1. The number of hydrogen-bond acceptors (Lipinski definition) is 5. The Hall–Kier alpha value is -1.63. The molecule has 1 unspecified atom stereocenters. The third-order valence-corrected chi connectivity index (χ3v) is 5.99. The van der Waals surface area contributed by atoms with Gasteiger partial charge in [0.15, 0.2) is 0 Å². The third kappa shape index (κ3) is 4.62. The van der Waals surface area contributed by atoms with Gasteiger partial charge in [-0.15, -0.1) is 0 Å². The number of aliphatic hydroxyl groups excluding tert-OH is 1. The smallest absolute Gasteiger partial charge is 0.220 e. The van der Waals surface area contributed by atoms with E-state index in [2.05, 4.69) is 22.3 Å². The van der Waals surface area contributed by atoms with E-state index < -0.39 is 0 Å². The lowest BCUT2D eigenvalue weighted by Crippen LogP contribution is -2.41. The molecule has 6 heteroatoms. The lowest BCUT2D eigenvalue weighted by Gasteiger charge is -2.38. The first-order valence-electron chi connectivity index (χ1n) is 10.2.